The zero-order valence-corrected chi connectivity index (χ0v) is 25.4. The molecule has 2 aromatic rings. The van der Waals surface area contributed by atoms with E-state index in [0.717, 1.165) is 0 Å². The van der Waals surface area contributed by atoms with Gasteiger partial charge in [0.25, 0.3) is 0 Å². The van der Waals surface area contributed by atoms with Crippen molar-refractivity contribution in [2.75, 3.05) is 37.0 Å². The van der Waals surface area contributed by atoms with E-state index in [-0.39, 0.29) is 0 Å². The highest BCUT2D eigenvalue weighted by molar-refractivity contribution is 7.86. The molecule has 3 fully saturated rings. The van der Waals surface area contributed by atoms with Crippen LogP contribution in [0, 0.1) is 0 Å². The third kappa shape index (κ3) is 11.7. The van der Waals surface area contributed by atoms with Gasteiger partial charge in [0.05, 0.1) is 49.3 Å². The number of rotatable bonds is 4. The van der Waals surface area contributed by atoms with Crippen molar-refractivity contribution >= 4 is 34.8 Å². The first-order valence-electron chi connectivity index (χ1n) is 12.6. The highest BCUT2D eigenvalue weighted by Crippen LogP contribution is 2.72. The molecule has 0 saturated carbocycles. The van der Waals surface area contributed by atoms with Crippen molar-refractivity contribution in [2.24, 2.45) is 0 Å². The van der Waals surface area contributed by atoms with Gasteiger partial charge in [0, 0.05) is 33.8 Å². The molecule has 6 nitrogen and oxygen atoms in total. The Hall–Kier alpha value is -1.30. The van der Waals surface area contributed by atoms with Gasteiger partial charge in [0.2, 0.25) is 0 Å². The molecular weight excluding hydrogens is 636 g/mol. The summed E-state index contributed by atoms with van der Waals surface area (Å²) in [5.41, 5.74) is -8.07. The SMILES string of the molecule is O=S(=O)([O-])C(F)(F)F.O=S(=O)([O-])C(F)(F)F.c1ccc(C[P+]23CCC[P+](Cc4ccccc4)(CCC2)CCC3)cc1. The van der Waals surface area contributed by atoms with Gasteiger partial charge in [-0.05, 0) is 11.1 Å². The van der Waals surface area contributed by atoms with Crippen molar-refractivity contribution < 1.29 is 52.3 Å². The van der Waals surface area contributed by atoms with Gasteiger partial charge in [0.15, 0.2) is 20.2 Å². The third-order valence-electron chi connectivity index (χ3n) is 7.08. The van der Waals surface area contributed by atoms with Crippen molar-refractivity contribution in [3.8, 4) is 0 Å². The number of alkyl halides is 6. The second-order valence-corrected chi connectivity index (χ2v) is 21.6. The molecule has 0 amide bonds. The van der Waals surface area contributed by atoms with Gasteiger partial charge in [-0.3, -0.25) is 0 Å². The average molecular weight is 669 g/mol. The molecule has 5 rings (SSSR count). The molecule has 2 aromatic carbocycles. The lowest BCUT2D eigenvalue weighted by Gasteiger charge is -2.38. The van der Waals surface area contributed by atoms with E-state index in [1.165, 1.54) is 31.6 Å². The predicted molar refractivity (Wildman–Crippen MR) is 149 cm³/mol. The summed E-state index contributed by atoms with van der Waals surface area (Å²) in [7, 11) is -13.7. The summed E-state index contributed by atoms with van der Waals surface area (Å²) in [5, 5.41) is 0. The average Bonchev–Trinajstić information content (AvgIpc) is 2.81. The van der Waals surface area contributed by atoms with E-state index >= 15 is 0 Å². The second kappa shape index (κ2) is 14.4. The molecule has 3 heterocycles. The second-order valence-electron chi connectivity index (χ2n) is 10.2. The standard InChI is InChI=1S/C23H32P2.2CHF3O3S/c1-3-10-22(11-4-1)20-24-14-7-17-25(18-8-15-24,19-9-16-24)21-23-12-5-2-6-13-23;2*2-1(3,4)8(5,6)7/h1-6,10-13H,7-9,14-21H2;2*(H,5,6,7)/q+2;;/p-2. The summed E-state index contributed by atoms with van der Waals surface area (Å²) in [6.07, 6.45) is 16.9. The van der Waals surface area contributed by atoms with E-state index in [9.17, 15) is 26.3 Å². The fourth-order valence-corrected chi connectivity index (χ4v) is 15.3. The molecule has 0 radical (unpaired) electrons. The van der Waals surface area contributed by atoms with Crippen LogP contribution in [-0.4, -0.2) is 73.9 Å². The summed E-state index contributed by atoms with van der Waals surface area (Å²) in [6, 6.07) is 22.8. The molecule has 16 heteroatoms. The van der Waals surface area contributed by atoms with Crippen molar-refractivity contribution in [1.82, 2.24) is 0 Å². The minimum Gasteiger partial charge on any atom is -0.741 e. The predicted octanol–water partition coefficient (Wildman–Crippen LogP) is 6.72. The summed E-state index contributed by atoms with van der Waals surface area (Å²) in [4.78, 5) is 0. The molecule has 0 aromatic heterocycles. The lowest BCUT2D eigenvalue weighted by atomic mass is 10.2. The van der Waals surface area contributed by atoms with E-state index in [1.807, 2.05) is 0 Å². The fraction of sp³-hybridized carbons (Fsp3) is 0.520. The van der Waals surface area contributed by atoms with Crippen LogP contribution in [-0.2, 0) is 32.6 Å². The molecule has 0 aliphatic carbocycles. The third-order valence-corrected chi connectivity index (χ3v) is 17.9. The Balaban J connectivity index is 0.000000304. The molecule has 41 heavy (non-hydrogen) atoms. The Morgan fingerprint density at radius 1 is 0.537 bits per heavy atom. The van der Waals surface area contributed by atoms with Crippen LogP contribution in [0.15, 0.2) is 60.7 Å². The fourth-order valence-electron chi connectivity index (χ4n) is 5.31. The highest BCUT2D eigenvalue weighted by Gasteiger charge is 2.48. The summed E-state index contributed by atoms with van der Waals surface area (Å²) < 4.78 is 118. The van der Waals surface area contributed by atoms with Crippen LogP contribution in [0.1, 0.15) is 30.4 Å². The summed E-state index contributed by atoms with van der Waals surface area (Å²) in [5.74, 6) is 0. The normalized spacial score (nSPS) is 23.5. The first-order chi connectivity index (χ1) is 18.8. The molecule has 0 spiro atoms. The maximum Gasteiger partial charge on any atom is 0.485 e. The topological polar surface area (TPSA) is 114 Å². The van der Waals surface area contributed by atoms with Gasteiger partial charge in [-0.2, -0.15) is 26.3 Å². The molecule has 0 atom stereocenters. The van der Waals surface area contributed by atoms with Gasteiger partial charge < -0.3 is 9.11 Å². The van der Waals surface area contributed by atoms with E-state index in [2.05, 4.69) is 60.7 Å². The summed E-state index contributed by atoms with van der Waals surface area (Å²) >= 11 is 0. The largest absolute Gasteiger partial charge is 0.741 e. The summed E-state index contributed by atoms with van der Waals surface area (Å²) in [6.45, 7) is 0. The van der Waals surface area contributed by atoms with E-state index in [4.69, 9.17) is 25.9 Å². The first-order valence-corrected chi connectivity index (χ1v) is 20.5. The number of halogens is 6. The Bertz CT molecular complexity index is 1180. The van der Waals surface area contributed by atoms with Crippen molar-refractivity contribution in [2.45, 2.75) is 42.6 Å². The van der Waals surface area contributed by atoms with Crippen LogP contribution < -0.4 is 0 Å². The first kappa shape index (κ1) is 35.9. The minimum absolute atomic E-state index is 0.740. The van der Waals surface area contributed by atoms with Crippen molar-refractivity contribution in [3.63, 3.8) is 0 Å². The van der Waals surface area contributed by atoms with Crippen LogP contribution in [0.4, 0.5) is 26.3 Å². The van der Waals surface area contributed by atoms with Crippen LogP contribution >= 0.6 is 14.5 Å². The quantitative estimate of drug-likeness (QED) is 0.155. The van der Waals surface area contributed by atoms with E-state index < -0.39 is 45.8 Å². The van der Waals surface area contributed by atoms with Crippen LogP contribution in [0.3, 0.4) is 0 Å². The van der Waals surface area contributed by atoms with Crippen molar-refractivity contribution in [1.29, 1.82) is 0 Å². The Labute approximate surface area is 238 Å². The lowest BCUT2D eigenvalue weighted by Crippen LogP contribution is -2.24. The molecule has 3 saturated heterocycles. The van der Waals surface area contributed by atoms with Crippen LogP contribution in [0.2, 0.25) is 0 Å². The number of fused-ring (bicyclic) bond motifs is 6. The smallest absolute Gasteiger partial charge is 0.485 e. The highest BCUT2D eigenvalue weighted by atomic mass is 32.2. The Morgan fingerprint density at radius 3 is 0.951 bits per heavy atom. The zero-order valence-electron chi connectivity index (χ0n) is 22.0. The van der Waals surface area contributed by atoms with Gasteiger partial charge >= 0.3 is 11.0 Å². The molecule has 0 N–H and O–H groups in total. The van der Waals surface area contributed by atoms with E-state index in [0.29, 0.717) is 0 Å². The van der Waals surface area contributed by atoms with Gasteiger partial charge in [0.1, 0.15) is 0 Å². The maximum atomic E-state index is 10.7. The molecule has 3 aliphatic rings. The van der Waals surface area contributed by atoms with Crippen LogP contribution in [0.25, 0.3) is 0 Å². The van der Waals surface area contributed by atoms with Gasteiger partial charge in [-0.25, -0.2) is 16.8 Å². The van der Waals surface area contributed by atoms with Crippen LogP contribution in [0.5, 0.6) is 0 Å². The Morgan fingerprint density at radius 2 is 0.756 bits per heavy atom. The van der Waals surface area contributed by atoms with Gasteiger partial charge in [-0.15, -0.1) is 0 Å². The zero-order chi connectivity index (χ0) is 31.0. The number of hydrogen-bond donors (Lipinski definition) is 0. The molecular formula is C25H32F6O6P2S2. The Kier molecular flexibility index (Phi) is 12.6. The van der Waals surface area contributed by atoms with Crippen molar-refractivity contribution in [3.05, 3.63) is 71.8 Å². The number of benzene rings is 2. The maximum absolute atomic E-state index is 10.7. The molecule has 0 unspecified atom stereocenters. The minimum atomic E-state index is -6.09. The lowest BCUT2D eigenvalue weighted by molar-refractivity contribution is -0.0522. The van der Waals surface area contributed by atoms with Gasteiger partial charge in [-0.1, -0.05) is 60.7 Å². The molecule has 232 valence electrons. The molecule has 2 bridgehead atoms. The van der Waals surface area contributed by atoms with E-state index in [1.54, 1.807) is 48.1 Å². The molecule has 3 aliphatic heterocycles. The monoisotopic (exact) mass is 668 g/mol. The number of hydrogen-bond acceptors (Lipinski definition) is 6.